The SMILES string of the molecule is CC/C=C\C/C=C\C/C=C\C/C=C\C/C=C\C/C=C\CCCCCCCCCCC(=O)OC(CO)COC(=O)CCCCCCCCCCCCCCCCCCCCCCCCCCCCCCCCCCCCCCCC. The molecule has 0 fully saturated rings. The van der Waals surface area contributed by atoms with Gasteiger partial charge in [0.15, 0.2) is 6.10 Å². The molecule has 5 heteroatoms. The molecule has 0 bridgehead atoms. The number of aliphatic hydroxyl groups is 1. The van der Waals surface area contributed by atoms with Crippen LogP contribution < -0.4 is 0 Å². The van der Waals surface area contributed by atoms with E-state index in [9.17, 15) is 14.7 Å². The predicted octanol–water partition coefficient (Wildman–Crippen LogP) is 24.3. The lowest BCUT2D eigenvalue weighted by molar-refractivity contribution is -0.161. The molecule has 1 atom stereocenters. The van der Waals surface area contributed by atoms with Gasteiger partial charge in [0.05, 0.1) is 6.61 Å². The second kappa shape index (κ2) is 69.6. The summed E-state index contributed by atoms with van der Waals surface area (Å²) in [5.74, 6) is -0.587. The minimum Gasteiger partial charge on any atom is -0.462 e. The van der Waals surface area contributed by atoms with Crippen molar-refractivity contribution in [3.63, 3.8) is 0 Å². The van der Waals surface area contributed by atoms with Crippen LogP contribution in [0.4, 0.5) is 0 Å². The van der Waals surface area contributed by atoms with Gasteiger partial charge in [0.2, 0.25) is 0 Å². The average Bonchev–Trinajstić information content (AvgIpc) is 3.45. The topological polar surface area (TPSA) is 72.8 Å². The number of esters is 2. The van der Waals surface area contributed by atoms with Crippen LogP contribution in [0.3, 0.4) is 0 Å². The first-order chi connectivity index (χ1) is 39.1. The molecule has 1 unspecified atom stereocenters. The number of unbranched alkanes of at least 4 members (excludes halogenated alkanes) is 45. The van der Waals surface area contributed by atoms with E-state index in [2.05, 4.69) is 86.8 Å². The van der Waals surface area contributed by atoms with Crippen LogP contribution in [0.2, 0.25) is 0 Å². The van der Waals surface area contributed by atoms with Crippen LogP contribution in [0, 0.1) is 0 Å². The lowest BCUT2D eigenvalue weighted by Crippen LogP contribution is -2.28. The zero-order chi connectivity index (χ0) is 56.9. The van der Waals surface area contributed by atoms with Crippen molar-refractivity contribution in [2.45, 2.75) is 373 Å². The van der Waals surface area contributed by atoms with Crippen molar-refractivity contribution in [2.75, 3.05) is 13.2 Å². The molecule has 79 heavy (non-hydrogen) atoms. The van der Waals surface area contributed by atoms with E-state index >= 15 is 0 Å². The van der Waals surface area contributed by atoms with E-state index in [1.165, 1.54) is 257 Å². The molecule has 0 aliphatic heterocycles. The molecule has 0 aromatic carbocycles. The van der Waals surface area contributed by atoms with E-state index < -0.39 is 6.10 Å². The molecule has 0 aromatic heterocycles. The summed E-state index contributed by atoms with van der Waals surface area (Å²) in [5, 5.41) is 9.69. The van der Waals surface area contributed by atoms with Crippen LogP contribution in [0.5, 0.6) is 0 Å². The first-order valence-electron chi connectivity index (χ1n) is 35.0. The van der Waals surface area contributed by atoms with Gasteiger partial charge in [-0.05, 0) is 64.2 Å². The fraction of sp³-hybridized carbons (Fsp3) is 0.811. The molecule has 0 saturated heterocycles. The fourth-order valence-corrected chi connectivity index (χ4v) is 10.6. The van der Waals surface area contributed by atoms with Crippen LogP contribution in [-0.4, -0.2) is 36.4 Å². The Labute approximate surface area is 493 Å². The molecule has 0 radical (unpaired) electrons. The zero-order valence-electron chi connectivity index (χ0n) is 52.9. The average molecular weight is 1100 g/mol. The molecule has 0 saturated carbocycles. The number of carbonyl (C=O) groups is 2. The first kappa shape index (κ1) is 76.3. The largest absolute Gasteiger partial charge is 0.462 e. The second-order valence-corrected chi connectivity index (χ2v) is 23.6. The maximum absolute atomic E-state index is 12.3. The van der Waals surface area contributed by atoms with E-state index in [1.807, 2.05) is 0 Å². The van der Waals surface area contributed by atoms with E-state index in [4.69, 9.17) is 9.47 Å². The quantitative estimate of drug-likeness (QED) is 0.0373. The Morgan fingerprint density at radius 3 is 0.823 bits per heavy atom. The number of hydrogen-bond donors (Lipinski definition) is 1. The van der Waals surface area contributed by atoms with Gasteiger partial charge in [-0.15, -0.1) is 0 Å². The molecule has 460 valence electrons. The standard InChI is InChI=1S/C74H134O5/c1-3-5-7-9-11-13-15-17-19-21-23-25-27-29-31-32-33-34-35-36-37-38-39-40-41-43-44-46-48-50-52-54-56-58-60-62-64-66-68-73(76)78-71-72(70-75)79-74(77)69-67-65-63-61-59-57-55-53-51-49-47-45-42-30-28-26-24-22-20-18-16-14-12-10-8-6-4-2/h6,8,12,14,18,20,24,26,30,42,47,49,72,75H,3-5,7,9-11,13,15-17,19,21-23,25,27-29,31-41,43-46,48,50-71H2,1-2H3/b8-6-,14-12-,20-18-,26-24-,42-30-,49-47-. The molecule has 0 aliphatic rings. The lowest BCUT2D eigenvalue weighted by Gasteiger charge is -2.15. The summed E-state index contributed by atoms with van der Waals surface area (Å²) >= 11 is 0. The van der Waals surface area contributed by atoms with Gasteiger partial charge in [-0.1, -0.05) is 363 Å². The molecule has 0 spiro atoms. The molecule has 1 N–H and O–H groups in total. The Bertz CT molecular complexity index is 1390. The van der Waals surface area contributed by atoms with E-state index in [0.29, 0.717) is 12.8 Å². The van der Waals surface area contributed by atoms with Gasteiger partial charge in [0.1, 0.15) is 6.61 Å². The monoisotopic (exact) mass is 1100 g/mol. The summed E-state index contributed by atoms with van der Waals surface area (Å²) in [6.45, 7) is 4.07. The van der Waals surface area contributed by atoms with Gasteiger partial charge < -0.3 is 14.6 Å². The van der Waals surface area contributed by atoms with Crippen LogP contribution >= 0.6 is 0 Å². The minimum atomic E-state index is -0.781. The molecular formula is C74H134O5. The fourth-order valence-electron chi connectivity index (χ4n) is 10.6. The number of aliphatic hydroxyl groups excluding tert-OH is 1. The number of ether oxygens (including phenoxy) is 2. The van der Waals surface area contributed by atoms with Crippen molar-refractivity contribution >= 4 is 11.9 Å². The Morgan fingerprint density at radius 2 is 0.544 bits per heavy atom. The first-order valence-corrected chi connectivity index (χ1v) is 35.0. The molecule has 0 heterocycles. The summed E-state index contributed by atoms with van der Waals surface area (Å²) in [5.41, 5.74) is 0. The normalized spacial score (nSPS) is 12.6. The number of allylic oxidation sites excluding steroid dienone is 12. The summed E-state index contributed by atoms with van der Waals surface area (Å²) < 4.78 is 10.7. The van der Waals surface area contributed by atoms with Crippen LogP contribution in [0.25, 0.3) is 0 Å². The maximum Gasteiger partial charge on any atom is 0.306 e. The third-order valence-electron chi connectivity index (χ3n) is 15.8. The molecule has 0 rings (SSSR count). The molecule has 0 aromatic rings. The summed E-state index contributed by atoms with van der Waals surface area (Å²) in [4.78, 5) is 24.6. The zero-order valence-corrected chi connectivity index (χ0v) is 52.9. The predicted molar refractivity (Wildman–Crippen MR) is 348 cm³/mol. The summed E-state index contributed by atoms with van der Waals surface area (Å²) in [6, 6.07) is 0. The molecule has 5 nitrogen and oxygen atoms in total. The van der Waals surface area contributed by atoms with E-state index in [0.717, 1.165) is 83.5 Å². The number of carbonyl (C=O) groups excluding carboxylic acids is 2. The van der Waals surface area contributed by atoms with Crippen molar-refractivity contribution in [3.8, 4) is 0 Å². The Hall–Kier alpha value is -2.66. The third-order valence-corrected chi connectivity index (χ3v) is 15.8. The third kappa shape index (κ3) is 67.7. The second-order valence-electron chi connectivity index (χ2n) is 23.6. The van der Waals surface area contributed by atoms with Crippen molar-refractivity contribution in [1.82, 2.24) is 0 Å². The minimum absolute atomic E-state index is 0.0686. The Morgan fingerprint density at radius 1 is 0.304 bits per heavy atom. The van der Waals surface area contributed by atoms with Gasteiger partial charge in [-0.2, -0.15) is 0 Å². The van der Waals surface area contributed by atoms with Gasteiger partial charge in [0.25, 0.3) is 0 Å². The number of rotatable bonds is 65. The molecule has 0 amide bonds. The van der Waals surface area contributed by atoms with Crippen LogP contribution in [0.15, 0.2) is 72.9 Å². The molecule has 0 aliphatic carbocycles. The van der Waals surface area contributed by atoms with Crippen molar-refractivity contribution in [1.29, 1.82) is 0 Å². The molecular weight excluding hydrogens is 969 g/mol. The lowest BCUT2D eigenvalue weighted by atomic mass is 10.0. The van der Waals surface area contributed by atoms with Crippen molar-refractivity contribution < 1.29 is 24.2 Å². The van der Waals surface area contributed by atoms with Crippen molar-refractivity contribution in [3.05, 3.63) is 72.9 Å². The number of hydrogen-bond acceptors (Lipinski definition) is 5. The maximum atomic E-state index is 12.3. The highest BCUT2D eigenvalue weighted by atomic mass is 16.6. The highest BCUT2D eigenvalue weighted by Crippen LogP contribution is 2.19. The van der Waals surface area contributed by atoms with E-state index in [1.54, 1.807) is 0 Å². The van der Waals surface area contributed by atoms with Gasteiger partial charge >= 0.3 is 11.9 Å². The Balaban J connectivity index is 3.41. The van der Waals surface area contributed by atoms with E-state index in [-0.39, 0.29) is 25.2 Å². The van der Waals surface area contributed by atoms with Crippen molar-refractivity contribution in [2.24, 2.45) is 0 Å². The van der Waals surface area contributed by atoms with Crippen LogP contribution in [-0.2, 0) is 19.1 Å². The van der Waals surface area contributed by atoms with Crippen LogP contribution in [0.1, 0.15) is 367 Å². The highest BCUT2D eigenvalue weighted by Gasteiger charge is 2.16. The van der Waals surface area contributed by atoms with Gasteiger partial charge in [0, 0.05) is 12.8 Å². The highest BCUT2D eigenvalue weighted by molar-refractivity contribution is 5.70. The summed E-state index contributed by atoms with van der Waals surface area (Å²) in [7, 11) is 0. The Kier molecular flexibility index (Phi) is 67.3. The van der Waals surface area contributed by atoms with Gasteiger partial charge in [-0.3, -0.25) is 9.59 Å². The summed E-state index contributed by atoms with van der Waals surface area (Å²) in [6.07, 6.45) is 96.6. The van der Waals surface area contributed by atoms with Gasteiger partial charge in [-0.25, -0.2) is 0 Å². The smallest absolute Gasteiger partial charge is 0.306 e.